The molecule has 0 saturated heterocycles. The maximum atomic E-state index is 12.7. The predicted octanol–water partition coefficient (Wildman–Crippen LogP) is 6.79. The highest BCUT2D eigenvalue weighted by atomic mass is 16.5. The summed E-state index contributed by atoms with van der Waals surface area (Å²) < 4.78 is 23.3. The zero-order chi connectivity index (χ0) is 27.0. The molecule has 0 radical (unpaired) electrons. The van der Waals surface area contributed by atoms with Gasteiger partial charge in [-0.3, -0.25) is 4.79 Å². The minimum Gasteiger partial charge on any atom is -0.490 e. The first kappa shape index (κ1) is 28.6. The minimum atomic E-state index is -0.353. The molecule has 0 aromatic heterocycles. The first-order valence-electron chi connectivity index (χ1n) is 13.3. The number of nitrogens with zero attached hydrogens (tertiary/aromatic N) is 1. The second-order valence-corrected chi connectivity index (χ2v) is 8.62. The minimum absolute atomic E-state index is 0.353. The number of nitrogens with one attached hydrogen (secondary N) is 1. The largest absolute Gasteiger partial charge is 0.490 e. The normalized spacial score (nSPS) is 10.8. The molecule has 0 aliphatic heterocycles. The molecule has 0 aliphatic rings. The van der Waals surface area contributed by atoms with Crippen molar-refractivity contribution in [1.82, 2.24) is 5.43 Å². The van der Waals surface area contributed by atoms with Gasteiger partial charge in [0.15, 0.2) is 23.0 Å². The molecule has 0 saturated carbocycles. The number of carbonyl (C=O) groups is 1. The number of ether oxygens (including phenoxy) is 4. The van der Waals surface area contributed by atoms with Crippen LogP contribution in [0, 0.1) is 0 Å². The van der Waals surface area contributed by atoms with Gasteiger partial charge < -0.3 is 18.9 Å². The Labute approximate surface area is 225 Å². The summed E-state index contributed by atoms with van der Waals surface area (Å²) >= 11 is 0. The Balaban J connectivity index is 1.60. The van der Waals surface area contributed by atoms with Gasteiger partial charge >= 0.3 is 0 Å². The molecule has 38 heavy (non-hydrogen) atoms. The SMILES string of the molecule is CCCCCCOc1ccc(/C=N/NC(=O)c2ccc(OCc3ccccc3)c(OCC)c2)cc1OCC. The highest BCUT2D eigenvalue weighted by Gasteiger charge is 2.12. The molecule has 202 valence electrons. The fourth-order valence-corrected chi connectivity index (χ4v) is 3.71. The third-order valence-electron chi connectivity index (χ3n) is 5.65. The van der Waals surface area contributed by atoms with Crippen LogP contribution in [0.1, 0.15) is 67.9 Å². The molecule has 0 spiro atoms. The molecule has 0 atom stereocenters. The van der Waals surface area contributed by atoms with Crippen LogP contribution >= 0.6 is 0 Å². The van der Waals surface area contributed by atoms with E-state index < -0.39 is 0 Å². The van der Waals surface area contributed by atoms with Gasteiger partial charge in [0, 0.05) is 5.56 Å². The van der Waals surface area contributed by atoms with Crippen molar-refractivity contribution in [2.75, 3.05) is 19.8 Å². The third-order valence-corrected chi connectivity index (χ3v) is 5.65. The summed E-state index contributed by atoms with van der Waals surface area (Å²) in [6, 6.07) is 20.6. The predicted molar refractivity (Wildman–Crippen MR) is 151 cm³/mol. The molecule has 0 fully saturated rings. The molecule has 0 heterocycles. The van der Waals surface area contributed by atoms with Crippen LogP contribution < -0.4 is 24.4 Å². The van der Waals surface area contributed by atoms with Crippen LogP contribution in [-0.4, -0.2) is 31.9 Å². The summed E-state index contributed by atoms with van der Waals surface area (Å²) in [6.45, 7) is 8.04. The number of hydrogen-bond acceptors (Lipinski definition) is 6. The zero-order valence-corrected chi connectivity index (χ0v) is 22.6. The average molecular weight is 519 g/mol. The Kier molecular flexibility index (Phi) is 12.0. The number of amides is 1. The van der Waals surface area contributed by atoms with Crippen LogP contribution in [0.4, 0.5) is 0 Å². The molecule has 7 heteroatoms. The highest BCUT2D eigenvalue weighted by Crippen LogP contribution is 2.30. The van der Waals surface area contributed by atoms with Gasteiger partial charge in [0.2, 0.25) is 0 Å². The molecule has 0 bridgehead atoms. The van der Waals surface area contributed by atoms with Crippen LogP contribution in [0.3, 0.4) is 0 Å². The van der Waals surface area contributed by atoms with Gasteiger partial charge in [-0.15, -0.1) is 0 Å². The lowest BCUT2D eigenvalue weighted by Gasteiger charge is -2.13. The maximum Gasteiger partial charge on any atom is 0.271 e. The molecule has 3 aromatic carbocycles. The first-order chi connectivity index (χ1) is 18.6. The molecule has 0 aliphatic carbocycles. The van der Waals surface area contributed by atoms with Crippen molar-refractivity contribution in [1.29, 1.82) is 0 Å². The molecule has 7 nitrogen and oxygen atoms in total. The van der Waals surface area contributed by atoms with Crippen molar-refractivity contribution in [3.63, 3.8) is 0 Å². The second kappa shape index (κ2) is 16.0. The van der Waals surface area contributed by atoms with Gasteiger partial charge in [0.25, 0.3) is 5.91 Å². The fourth-order valence-electron chi connectivity index (χ4n) is 3.71. The standard InChI is InChI=1S/C31H38N2O5/c1-4-7-8-12-19-37-27-17-15-25(20-29(27)35-5-2)22-32-33-31(34)26-16-18-28(30(21-26)36-6-3)38-23-24-13-10-9-11-14-24/h9-11,13-18,20-22H,4-8,12,19,23H2,1-3H3,(H,33,34)/b32-22+. The Morgan fingerprint density at radius 2 is 1.47 bits per heavy atom. The van der Waals surface area contributed by atoms with E-state index in [0.717, 1.165) is 24.0 Å². The lowest BCUT2D eigenvalue weighted by atomic mass is 10.2. The van der Waals surface area contributed by atoms with E-state index in [-0.39, 0.29) is 5.91 Å². The smallest absolute Gasteiger partial charge is 0.271 e. The van der Waals surface area contributed by atoms with E-state index in [1.807, 2.05) is 62.4 Å². The molecule has 3 aromatic rings. The number of carbonyl (C=O) groups excluding carboxylic acids is 1. The monoisotopic (exact) mass is 518 g/mol. The second-order valence-electron chi connectivity index (χ2n) is 8.62. The van der Waals surface area contributed by atoms with E-state index in [2.05, 4.69) is 17.5 Å². The lowest BCUT2D eigenvalue weighted by molar-refractivity contribution is 0.0954. The van der Waals surface area contributed by atoms with Gasteiger partial charge in [0.1, 0.15) is 6.61 Å². The van der Waals surface area contributed by atoms with Gasteiger partial charge in [-0.05, 0) is 67.8 Å². The van der Waals surface area contributed by atoms with Crippen molar-refractivity contribution in [3.05, 3.63) is 83.4 Å². The summed E-state index contributed by atoms with van der Waals surface area (Å²) in [4.78, 5) is 12.7. The maximum absolute atomic E-state index is 12.7. The van der Waals surface area contributed by atoms with Gasteiger partial charge in [-0.25, -0.2) is 5.43 Å². The van der Waals surface area contributed by atoms with Gasteiger partial charge in [-0.1, -0.05) is 56.5 Å². The molecular weight excluding hydrogens is 480 g/mol. The van der Waals surface area contributed by atoms with Crippen LogP contribution in [0.25, 0.3) is 0 Å². The van der Waals surface area contributed by atoms with E-state index in [9.17, 15) is 4.79 Å². The summed E-state index contributed by atoms with van der Waals surface area (Å²) in [7, 11) is 0. The number of benzene rings is 3. The Morgan fingerprint density at radius 1 is 0.763 bits per heavy atom. The average Bonchev–Trinajstić information content (AvgIpc) is 2.94. The van der Waals surface area contributed by atoms with Crippen molar-refractivity contribution in [2.45, 2.75) is 53.1 Å². The van der Waals surface area contributed by atoms with Crippen molar-refractivity contribution in [2.24, 2.45) is 5.10 Å². The first-order valence-corrected chi connectivity index (χ1v) is 13.3. The Bertz CT molecular complexity index is 1160. The molecule has 1 N–H and O–H groups in total. The number of hydrogen-bond donors (Lipinski definition) is 1. The summed E-state index contributed by atoms with van der Waals surface area (Å²) in [5, 5.41) is 4.13. The van der Waals surface area contributed by atoms with Crippen LogP contribution in [0.5, 0.6) is 23.0 Å². The summed E-state index contributed by atoms with van der Waals surface area (Å²) in [6.07, 6.45) is 6.14. The summed E-state index contributed by atoms with van der Waals surface area (Å²) in [5.74, 6) is 2.10. The molecule has 3 rings (SSSR count). The van der Waals surface area contributed by atoms with Crippen molar-refractivity contribution >= 4 is 12.1 Å². The number of unbranched alkanes of at least 4 members (excludes halogenated alkanes) is 3. The zero-order valence-electron chi connectivity index (χ0n) is 22.6. The van der Waals surface area contributed by atoms with Crippen LogP contribution in [-0.2, 0) is 6.61 Å². The van der Waals surface area contributed by atoms with E-state index >= 15 is 0 Å². The Morgan fingerprint density at radius 3 is 2.21 bits per heavy atom. The lowest BCUT2D eigenvalue weighted by Crippen LogP contribution is -2.17. The number of rotatable bonds is 16. The molecule has 0 unspecified atom stereocenters. The number of hydrazone groups is 1. The third kappa shape index (κ3) is 9.14. The van der Waals surface area contributed by atoms with Crippen LogP contribution in [0.15, 0.2) is 71.8 Å². The Hall–Kier alpha value is -4.00. The fraction of sp³-hybridized carbons (Fsp3) is 0.355. The van der Waals surface area contributed by atoms with Crippen molar-refractivity contribution < 1.29 is 23.7 Å². The van der Waals surface area contributed by atoms with Crippen molar-refractivity contribution in [3.8, 4) is 23.0 Å². The molecular formula is C31H38N2O5. The van der Waals surface area contributed by atoms with E-state index in [1.54, 1.807) is 24.4 Å². The topological polar surface area (TPSA) is 78.4 Å². The van der Waals surface area contributed by atoms with E-state index in [4.69, 9.17) is 18.9 Å². The van der Waals surface area contributed by atoms with Gasteiger partial charge in [0.05, 0.1) is 26.0 Å². The summed E-state index contributed by atoms with van der Waals surface area (Å²) in [5.41, 5.74) is 4.82. The molecule has 1 amide bonds. The van der Waals surface area contributed by atoms with Gasteiger partial charge in [-0.2, -0.15) is 5.10 Å². The van der Waals surface area contributed by atoms with Crippen LogP contribution in [0.2, 0.25) is 0 Å². The highest BCUT2D eigenvalue weighted by molar-refractivity contribution is 5.95. The quantitative estimate of drug-likeness (QED) is 0.128. The van der Waals surface area contributed by atoms with E-state index in [0.29, 0.717) is 55.0 Å². The van der Waals surface area contributed by atoms with E-state index in [1.165, 1.54) is 12.8 Å².